The third kappa shape index (κ3) is 5.27. The molecular weight excluding hydrogens is 544 g/mol. The van der Waals surface area contributed by atoms with Gasteiger partial charge in [0.2, 0.25) is 0 Å². The van der Waals surface area contributed by atoms with Gasteiger partial charge in [0.15, 0.2) is 5.65 Å². The number of aliphatic hydroxyl groups is 2. The number of carbonyl (C=O) groups excluding carboxylic acids is 1. The van der Waals surface area contributed by atoms with Crippen molar-refractivity contribution in [1.82, 2.24) is 20.1 Å². The average Bonchev–Trinajstić information content (AvgIpc) is 3.23. The van der Waals surface area contributed by atoms with Gasteiger partial charge in [-0.1, -0.05) is 30.3 Å². The van der Waals surface area contributed by atoms with Crippen molar-refractivity contribution < 1.29 is 24.2 Å². The lowest BCUT2D eigenvalue weighted by Gasteiger charge is -2.14. The first-order valence-corrected chi connectivity index (χ1v) is 10.9. The summed E-state index contributed by atoms with van der Waals surface area (Å²) in [6.07, 6.45) is 1.93. The lowest BCUT2D eigenvalue weighted by atomic mass is 10.1. The highest BCUT2D eigenvalue weighted by atomic mass is 127. The smallest absolute Gasteiger partial charge is 0.280 e. The van der Waals surface area contributed by atoms with Crippen molar-refractivity contribution in [2.75, 3.05) is 18.5 Å². The van der Waals surface area contributed by atoms with E-state index in [-0.39, 0.29) is 23.7 Å². The Kier molecular flexibility index (Phi) is 7.13. The Labute approximate surface area is 201 Å². The van der Waals surface area contributed by atoms with E-state index in [1.807, 2.05) is 52.9 Å². The molecule has 0 radical (unpaired) electrons. The number of halogens is 2. The molecule has 0 spiro atoms. The van der Waals surface area contributed by atoms with Crippen LogP contribution in [0.1, 0.15) is 10.4 Å². The summed E-state index contributed by atoms with van der Waals surface area (Å²) in [5.41, 5.74) is 4.43. The Hall–Kier alpha value is -3.13. The number of carbonyl (C=O) groups is 1. The second-order valence-corrected chi connectivity index (χ2v) is 8.27. The number of nitrogens with one attached hydrogen (secondary N) is 2. The summed E-state index contributed by atoms with van der Waals surface area (Å²) in [4.78, 5) is 22.3. The van der Waals surface area contributed by atoms with E-state index in [1.165, 1.54) is 16.8 Å². The number of rotatable bonds is 8. The highest BCUT2D eigenvalue weighted by Crippen LogP contribution is 2.28. The first-order chi connectivity index (χ1) is 16.0. The number of aliphatic hydroxyl groups excluding tert-OH is 2. The van der Waals surface area contributed by atoms with Crippen molar-refractivity contribution in [3.63, 3.8) is 0 Å². The van der Waals surface area contributed by atoms with Crippen molar-refractivity contribution in [3.05, 3.63) is 75.9 Å². The number of nitrogens with zero attached hydrogens (tertiary/aromatic N) is 3. The summed E-state index contributed by atoms with van der Waals surface area (Å²) in [5, 5.41) is 25.4. The molecule has 1 atom stereocenters. The molecule has 0 saturated carbocycles. The van der Waals surface area contributed by atoms with Crippen LogP contribution in [0.25, 0.3) is 16.8 Å². The molecule has 0 aliphatic carbocycles. The topological polar surface area (TPSA) is 121 Å². The van der Waals surface area contributed by atoms with Gasteiger partial charge in [0.1, 0.15) is 29.9 Å². The molecule has 0 aliphatic heterocycles. The second-order valence-electron chi connectivity index (χ2n) is 7.02. The molecule has 1 amide bonds. The molecule has 2 aromatic heterocycles. The summed E-state index contributed by atoms with van der Waals surface area (Å²) in [7, 11) is 0. The molecule has 0 aliphatic rings. The Bertz CT molecular complexity index is 1280. The largest absolute Gasteiger partial charge is 0.394 e. The van der Waals surface area contributed by atoms with Crippen LogP contribution in [0.15, 0.2) is 60.9 Å². The summed E-state index contributed by atoms with van der Waals surface area (Å²) in [6.45, 7) is -0.829. The number of aromatic nitrogens is 3. The highest BCUT2D eigenvalue weighted by molar-refractivity contribution is 14.1. The van der Waals surface area contributed by atoms with Crippen LogP contribution in [0.5, 0.6) is 0 Å². The quantitative estimate of drug-likeness (QED) is 0.192. The molecule has 2 aromatic carbocycles. The van der Waals surface area contributed by atoms with Gasteiger partial charge in [0.05, 0.1) is 18.5 Å². The summed E-state index contributed by atoms with van der Waals surface area (Å²) in [6, 6.07) is 14.1. The summed E-state index contributed by atoms with van der Waals surface area (Å²) < 4.78 is 16.7. The molecule has 4 rings (SSSR count). The van der Waals surface area contributed by atoms with Crippen LogP contribution in [0, 0.1) is 9.39 Å². The summed E-state index contributed by atoms with van der Waals surface area (Å²) >= 11 is 2.00. The van der Waals surface area contributed by atoms with Crippen LogP contribution < -0.4 is 10.8 Å². The zero-order chi connectivity index (χ0) is 23.4. The summed E-state index contributed by atoms with van der Waals surface area (Å²) in [5.74, 6) is -1.11. The zero-order valence-corrected chi connectivity index (χ0v) is 19.2. The van der Waals surface area contributed by atoms with E-state index in [0.29, 0.717) is 5.65 Å². The SMILES string of the molecule is O=C(NOCC(O)CO)c1cn2ncc(-c3ccccc3)c2nc1Nc1ccc(I)cc1F. The van der Waals surface area contributed by atoms with Gasteiger partial charge in [-0.3, -0.25) is 9.63 Å². The lowest BCUT2D eigenvalue weighted by Crippen LogP contribution is -2.30. The van der Waals surface area contributed by atoms with E-state index in [4.69, 9.17) is 9.94 Å². The molecule has 9 nitrogen and oxygen atoms in total. The van der Waals surface area contributed by atoms with Crippen molar-refractivity contribution in [1.29, 1.82) is 0 Å². The van der Waals surface area contributed by atoms with E-state index in [2.05, 4.69) is 20.9 Å². The minimum atomic E-state index is -1.15. The first kappa shape index (κ1) is 23.0. The predicted molar refractivity (Wildman–Crippen MR) is 127 cm³/mol. The number of hydrogen-bond donors (Lipinski definition) is 4. The van der Waals surface area contributed by atoms with E-state index in [0.717, 1.165) is 14.7 Å². The number of benzene rings is 2. The van der Waals surface area contributed by atoms with Gasteiger partial charge in [-0.25, -0.2) is 19.4 Å². The third-order valence-corrected chi connectivity index (χ3v) is 5.33. The number of anilines is 2. The van der Waals surface area contributed by atoms with Crippen LogP contribution >= 0.6 is 22.6 Å². The Morgan fingerprint density at radius 2 is 2.03 bits per heavy atom. The predicted octanol–water partition coefficient (Wildman–Crippen LogP) is 2.90. The second kappa shape index (κ2) is 10.2. The molecule has 2 heterocycles. The van der Waals surface area contributed by atoms with E-state index in [1.54, 1.807) is 18.3 Å². The number of hydrogen-bond acceptors (Lipinski definition) is 7. The molecular formula is C22H19FIN5O4. The maximum Gasteiger partial charge on any atom is 0.280 e. The maximum atomic E-state index is 14.5. The molecule has 11 heteroatoms. The van der Waals surface area contributed by atoms with Gasteiger partial charge < -0.3 is 15.5 Å². The minimum absolute atomic E-state index is 0.0293. The van der Waals surface area contributed by atoms with Crippen LogP contribution in [0.3, 0.4) is 0 Å². The fourth-order valence-corrected chi connectivity index (χ4v) is 3.48. The Morgan fingerprint density at radius 3 is 2.76 bits per heavy atom. The van der Waals surface area contributed by atoms with Crippen LogP contribution in [-0.4, -0.2) is 50.0 Å². The molecule has 0 saturated heterocycles. The Balaban J connectivity index is 1.74. The minimum Gasteiger partial charge on any atom is -0.394 e. The molecule has 33 heavy (non-hydrogen) atoms. The van der Waals surface area contributed by atoms with Gasteiger partial charge in [-0.05, 0) is 46.4 Å². The Morgan fingerprint density at radius 1 is 1.24 bits per heavy atom. The van der Waals surface area contributed by atoms with Gasteiger partial charge in [0.25, 0.3) is 5.91 Å². The van der Waals surface area contributed by atoms with Crippen molar-refractivity contribution in [3.8, 4) is 11.1 Å². The monoisotopic (exact) mass is 563 g/mol. The van der Waals surface area contributed by atoms with Crippen molar-refractivity contribution >= 4 is 45.7 Å². The van der Waals surface area contributed by atoms with E-state index in [9.17, 15) is 14.3 Å². The standard InChI is InChI=1S/C22H19FIN5O4/c23-18-8-14(24)6-7-19(18)26-20-17(22(32)28-33-12-15(31)11-30)10-29-21(27-20)16(9-25-29)13-4-2-1-3-5-13/h1-10,15,30-31H,11-12H2,(H,26,27)(H,28,32). The van der Waals surface area contributed by atoms with E-state index >= 15 is 0 Å². The maximum absolute atomic E-state index is 14.5. The third-order valence-electron chi connectivity index (χ3n) is 4.66. The lowest BCUT2D eigenvalue weighted by molar-refractivity contribution is -0.0295. The number of hydroxylamine groups is 1. The number of amides is 1. The van der Waals surface area contributed by atoms with Crippen LogP contribution in [-0.2, 0) is 4.84 Å². The van der Waals surface area contributed by atoms with Gasteiger partial charge in [-0.2, -0.15) is 5.10 Å². The molecule has 4 N–H and O–H groups in total. The molecule has 0 fully saturated rings. The molecule has 1 unspecified atom stereocenters. The zero-order valence-electron chi connectivity index (χ0n) is 17.1. The molecule has 170 valence electrons. The van der Waals surface area contributed by atoms with E-state index < -0.39 is 24.4 Å². The highest BCUT2D eigenvalue weighted by Gasteiger charge is 2.19. The van der Waals surface area contributed by atoms with Gasteiger partial charge in [0, 0.05) is 15.3 Å². The molecule has 0 bridgehead atoms. The number of fused-ring (bicyclic) bond motifs is 1. The van der Waals surface area contributed by atoms with Crippen LogP contribution in [0.4, 0.5) is 15.9 Å². The normalized spacial score (nSPS) is 12.0. The molecule has 4 aromatic rings. The average molecular weight is 563 g/mol. The van der Waals surface area contributed by atoms with Gasteiger partial charge >= 0.3 is 0 Å². The van der Waals surface area contributed by atoms with Crippen molar-refractivity contribution in [2.45, 2.75) is 6.10 Å². The van der Waals surface area contributed by atoms with Gasteiger partial charge in [-0.15, -0.1) is 0 Å². The fraction of sp³-hybridized carbons (Fsp3) is 0.136. The fourth-order valence-electron chi connectivity index (χ4n) is 3.02. The first-order valence-electron chi connectivity index (χ1n) is 9.83. The van der Waals surface area contributed by atoms with Crippen LogP contribution in [0.2, 0.25) is 0 Å². The van der Waals surface area contributed by atoms with Crippen molar-refractivity contribution in [2.24, 2.45) is 0 Å².